The average molecular weight is 267 g/mol. The van der Waals surface area contributed by atoms with Crippen LogP contribution in [-0.2, 0) is 0 Å². The van der Waals surface area contributed by atoms with E-state index in [0.717, 1.165) is 6.54 Å². The molecule has 1 nitrogen and oxygen atoms in total. The first-order chi connectivity index (χ1) is 8.91. The number of halogens is 2. The third-order valence-corrected chi connectivity index (χ3v) is 4.39. The highest BCUT2D eigenvalue weighted by molar-refractivity contribution is 5.27. The van der Waals surface area contributed by atoms with Crippen LogP contribution in [0.15, 0.2) is 12.1 Å². The molecule has 1 saturated carbocycles. The zero-order valence-corrected chi connectivity index (χ0v) is 12.0. The average Bonchev–Trinajstić information content (AvgIpc) is 2.78. The van der Waals surface area contributed by atoms with Crippen LogP contribution in [0.5, 0.6) is 0 Å². The highest BCUT2D eigenvalue weighted by atomic mass is 19.1. The zero-order valence-electron chi connectivity index (χ0n) is 12.0. The molecule has 0 amide bonds. The zero-order chi connectivity index (χ0) is 14.0. The molecule has 3 heteroatoms. The van der Waals surface area contributed by atoms with Crippen molar-refractivity contribution in [3.63, 3.8) is 0 Å². The fourth-order valence-corrected chi connectivity index (χ4v) is 2.91. The summed E-state index contributed by atoms with van der Waals surface area (Å²) in [5.74, 6) is -0.660. The van der Waals surface area contributed by atoms with Gasteiger partial charge in [-0.05, 0) is 49.8 Å². The van der Waals surface area contributed by atoms with Gasteiger partial charge in [0.15, 0.2) is 0 Å². The second kappa shape index (κ2) is 5.58. The summed E-state index contributed by atoms with van der Waals surface area (Å²) >= 11 is 0. The predicted octanol–water partition coefficient (Wildman–Crippen LogP) is 4.50. The van der Waals surface area contributed by atoms with Crippen molar-refractivity contribution in [3.05, 3.63) is 34.9 Å². The highest BCUT2D eigenvalue weighted by Gasteiger charge is 2.29. The first kappa shape index (κ1) is 14.4. The normalized spacial score (nSPS) is 19.6. The molecule has 2 rings (SSSR count). The van der Waals surface area contributed by atoms with Crippen molar-refractivity contribution in [1.29, 1.82) is 0 Å². The topological polar surface area (TPSA) is 12.0 Å². The minimum atomic E-state index is -0.336. The third kappa shape index (κ3) is 3.33. The number of rotatable bonds is 4. The number of aryl methyl sites for hydroxylation is 1. The van der Waals surface area contributed by atoms with Crippen LogP contribution in [0.3, 0.4) is 0 Å². The SMILES string of the molecule is Cc1cc(F)c(C(C)NCC2(C)CCCC2)cc1F. The molecule has 1 unspecified atom stereocenters. The summed E-state index contributed by atoms with van der Waals surface area (Å²) in [6.07, 6.45) is 5.00. The lowest BCUT2D eigenvalue weighted by atomic mass is 9.88. The molecule has 106 valence electrons. The van der Waals surface area contributed by atoms with Gasteiger partial charge in [-0.1, -0.05) is 19.8 Å². The largest absolute Gasteiger partial charge is 0.310 e. The first-order valence-electron chi connectivity index (χ1n) is 7.10. The molecule has 1 aromatic carbocycles. The van der Waals surface area contributed by atoms with Gasteiger partial charge in [0.25, 0.3) is 0 Å². The summed E-state index contributed by atoms with van der Waals surface area (Å²) < 4.78 is 27.4. The lowest BCUT2D eigenvalue weighted by Crippen LogP contribution is -2.31. The summed E-state index contributed by atoms with van der Waals surface area (Å²) in [7, 11) is 0. The van der Waals surface area contributed by atoms with E-state index in [2.05, 4.69) is 12.2 Å². The number of hydrogen-bond acceptors (Lipinski definition) is 1. The van der Waals surface area contributed by atoms with E-state index in [9.17, 15) is 8.78 Å². The van der Waals surface area contributed by atoms with Gasteiger partial charge >= 0.3 is 0 Å². The molecule has 1 atom stereocenters. The molecule has 0 heterocycles. The second-order valence-electron chi connectivity index (χ2n) is 6.24. The van der Waals surface area contributed by atoms with E-state index in [1.807, 2.05) is 6.92 Å². The Kier molecular flexibility index (Phi) is 4.24. The maximum absolute atomic E-state index is 13.9. The molecule has 1 aromatic rings. The van der Waals surface area contributed by atoms with Gasteiger partial charge in [0, 0.05) is 18.2 Å². The molecule has 1 fully saturated rings. The molecule has 0 saturated heterocycles. The van der Waals surface area contributed by atoms with Crippen LogP contribution in [-0.4, -0.2) is 6.54 Å². The molecule has 0 aliphatic heterocycles. The fraction of sp³-hybridized carbons (Fsp3) is 0.625. The Morgan fingerprint density at radius 1 is 1.21 bits per heavy atom. The van der Waals surface area contributed by atoms with Gasteiger partial charge in [0.1, 0.15) is 11.6 Å². The minimum absolute atomic E-state index is 0.160. The van der Waals surface area contributed by atoms with Crippen LogP contribution in [0, 0.1) is 24.0 Å². The summed E-state index contributed by atoms with van der Waals surface area (Å²) in [5.41, 5.74) is 1.09. The van der Waals surface area contributed by atoms with Crippen LogP contribution in [0.25, 0.3) is 0 Å². The molecule has 0 bridgehead atoms. The van der Waals surface area contributed by atoms with E-state index in [0.29, 0.717) is 16.5 Å². The van der Waals surface area contributed by atoms with Crippen molar-refractivity contribution in [1.82, 2.24) is 5.32 Å². The Morgan fingerprint density at radius 3 is 2.47 bits per heavy atom. The monoisotopic (exact) mass is 267 g/mol. The summed E-state index contributed by atoms with van der Waals surface area (Å²) in [5, 5.41) is 3.36. The van der Waals surface area contributed by atoms with Crippen molar-refractivity contribution in [2.24, 2.45) is 5.41 Å². The van der Waals surface area contributed by atoms with Crippen molar-refractivity contribution >= 4 is 0 Å². The van der Waals surface area contributed by atoms with E-state index < -0.39 is 0 Å². The maximum Gasteiger partial charge on any atom is 0.128 e. The predicted molar refractivity (Wildman–Crippen MR) is 74.1 cm³/mol. The van der Waals surface area contributed by atoms with E-state index in [1.54, 1.807) is 6.92 Å². The Bertz CT molecular complexity index is 450. The van der Waals surface area contributed by atoms with Gasteiger partial charge in [-0.3, -0.25) is 0 Å². The van der Waals surface area contributed by atoms with Crippen molar-refractivity contribution in [3.8, 4) is 0 Å². The Balaban J connectivity index is 2.03. The van der Waals surface area contributed by atoms with Crippen LogP contribution < -0.4 is 5.32 Å². The van der Waals surface area contributed by atoms with Gasteiger partial charge in [-0.25, -0.2) is 8.78 Å². The van der Waals surface area contributed by atoms with Gasteiger partial charge in [-0.2, -0.15) is 0 Å². The number of nitrogens with one attached hydrogen (secondary N) is 1. The van der Waals surface area contributed by atoms with E-state index in [1.165, 1.54) is 37.8 Å². The molecule has 0 spiro atoms. The molecule has 0 aromatic heterocycles. The van der Waals surface area contributed by atoms with Crippen molar-refractivity contribution in [2.45, 2.75) is 52.5 Å². The van der Waals surface area contributed by atoms with E-state index >= 15 is 0 Å². The Labute approximate surface area is 114 Å². The fourth-order valence-electron chi connectivity index (χ4n) is 2.91. The molecule has 1 aliphatic rings. The maximum atomic E-state index is 13.9. The standard InChI is InChI=1S/C16H23F2N/c1-11-8-15(18)13(9-14(11)17)12(2)19-10-16(3)6-4-5-7-16/h8-9,12,19H,4-7,10H2,1-3H3. The molecule has 1 N–H and O–H groups in total. The summed E-state index contributed by atoms with van der Waals surface area (Å²) in [6.45, 7) is 6.61. The second-order valence-corrected chi connectivity index (χ2v) is 6.24. The van der Waals surface area contributed by atoms with Crippen molar-refractivity contribution < 1.29 is 8.78 Å². The number of benzene rings is 1. The van der Waals surface area contributed by atoms with E-state index in [4.69, 9.17) is 0 Å². The Morgan fingerprint density at radius 2 is 1.84 bits per heavy atom. The number of hydrogen-bond donors (Lipinski definition) is 1. The molecular weight excluding hydrogens is 244 g/mol. The van der Waals surface area contributed by atoms with Gasteiger partial charge in [0.05, 0.1) is 0 Å². The highest BCUT2D eigenvalue weighted by Crippen LogP contribution is 2.37. The van der Waals surface area contributed by atoms with Gasteiger partial charge < -0.3 is 5.32 Å². The molecular formula is C16H23F2N. The van der Waals surface area contributed by atoms with Crippen LogP contribution in [0.2, 0.25) is 0 Å². The Hall–Kier alpha value is -0.960. The lowest BCUT2D eigenvalue weighted by molar-refractivity contribution is 0.300. The minimum Gasteiger partial charge on any atom is -0.310 e. The third-order valence-electron chi connectivity index (χ3n) is 4.39. The quantitative estimate of drug-likeness (QED) is 0.846. The molecule has 19 heavy (non-hydrogen) atoms. The van der Waals surface area contributed by atoms with Crippen LogP contribution in [0.1, 0.15) is 56.7 Å². The van der Waals surface area contributed by atoms with Gasteiger partial charge in [0.2, 0.25) is 0 Å². The molecule has 1 aliphatic carbocycles. The van der Waals surface area contributed by atoms with Crippen LogP contribution in [0.4, 0.5) is 8.78 Å². The molecule has 0 radical (unpaired) electrons. The first-order valence-corrected chi connectivity index (χ1v) is 7.10. The van der Waals surface area contributed by atoms with E-state index in [-0.39, 0.29) is 17.7 Å². The van der Waals surface area contributed by atoms with Gasteiger partial charge in [-0.15, -0.1) is 0 Å². The van der Waals surface area contributed by atoms with Crippen LogP contribution >= 0.6 is 0 Å². The summed E-state index contributed by atoms with van der Waals surface area (Å²) in [6, 6.07) is 2.44. The van der Waals surface area contributed by atoms with Crippen molar-refractivity contribution in [2.75, 3.05) is 6.54 Å². The lowest BCUT2D eigenvalue weighted by Gasteiger charge is -2.26. The smallest absolute Gasteiger partial charge is 0.128 e. The summed E-state index contributed by atoms with van der Waals surface area (Å²) in [4.78, 5) is 0.